The van der Waals surface area contributed by atoms with Gasteiger partial charge in [-0.25, -0.2) is 4.98 Å². The number of carbonyl (C=O) groups is 1. The van der Waals surface area contributed by atoms with E-state index in [9.17, 15) is 4.79 Å². The largest absolute Gasteiger partial charge is 0.342 e. The molecule has 17 heavy (non-hydrogen) atoms. The number of likely N-dealkylation sites (tertiary alicyclic amines) is 1. The predicted molar refractivity (Wildman–Crippen MR) is 65.2 cm³/mol. The first kappa shape index (κ1) is 12.1. The first-order valence-corrected chi connectivity index (χ1v) is 6.23. The summed E-state index contributed by atoms with van der Waals surface area (Å²) in [5.74, 6) is 0.720. The predicted octanol–water partition coefficient (Wildman–Crippen LogP) is 0.470. The minimum absolute atomic E-state index is 0.233. The fourth-order valence-electron chi connectivity index (χ4n) is 2.29. The molecule has 94 valence electrons. The van der Waals surface area contributed by atoms with E-state index in [1.165, 1.54) is 0 Å². The molecule has 0 radical (unpaired) electrons. The van der Waals surface area contributed by atoms with Gasteiger partial charge in [0.25, 0.3) is 0 Å². The van der Waals surface area contributed by atoms with Crippen LogP contribution in [0.5, 0.6) is 0 Å². The summed E-state index contributed by atoms with van der Waals surface area (Å²) in [5.41, 5.74) is 5.67. The highest BCUT2D eigenvalue weighted by Gasteiger charge is 2.22. The molecule has 0 aliphatic carbocycles. The van der Waals surface area contributed by atoms with Crippen molar-refractivity contribution in [1.29, 1.82) is 0 Å². The van der Waals surface area contributed by atoms with Crippen molar-refractivity contribution in [2.75, 3.05) is 19.6 Å². The van der Waals surface area contributed by atoms with Crippen LogP contribution in [0.25, 0.3) is 0 Å². The second kappa shape index (κ2) is 5.82. The molecule has 1 aliphatic rings. The van der Waals surface area contributed by atoms with Crippen LogP contribution in [0.15, 0.2) is 18.7 Å². The fraction of sp³-hybridized carbons (Fsp3) is 0.667. The van der Waals surface area contributed by atoms with Crippen LogP contribution >= 0.6 is 0 Å². The van der Waals surface area contributed by atoms with E-state index in [2.05, 4.69) is 4.98 Å². The topological polar surface area (TPSA) is 64.2 Å². The normalized spacial score (nSPS) is 20.5. The highest BCUT2D eigenvalue weighted by atomic mass is 16.2. The van der Waals surface area contributed by atoms with Crippen LogP contribution in [0.4, 0.5) is 0 Å². The Hall–Kier alpha value is -1.36. The fourth-order valence-corrected chi connectivity index (χ4v) is 2.29. The van der Waals surface area contributed by atoms with Crippen molar-refractivity contribution in [3.05, 3.63) is 18.7 Å². The first-order valence-electron chi connectivity index (χ1n) is 6.23. The van der Waals surface area contributed by atoms with E-state index >= 15 is 0 Å². The number of hydrogen-bond donors (Lipinski definition) is 1. The SMILES string of the molecule is NCC1CCCN(C(=O)CCn2ccnc2)C1. The van der Waals surface area contributed by atoms with Crippen LogP contribution in [0.2, 0.25) is 0 Å². The summed E-state index contributed by atoms with van der Waals surface area (Å²) < 4.78 is 1.93. The maximum Gasteiger partial charge on any atom is 0.224 e. The zero-order valence-electron chi connectivity index (χ0n) is 10.1. The summed E-state index contributed by atoms with van der Waals surface area (Å²) >= 11 is 0. The molecule has 1 unspecified atom stereocenters. The van der Waals surface area contributed by atoms with Crippen molar-refractivity contribution < 1.29 is 4.79 Å². The lowest BCUT2D eigenvalue weighted by Crippen LogP contribution is -2.42. The number of rotatable bonds is 4. The van der Waals surface area contributed by atoms with E-state index < -0.39 is 0 Å². The Kier molecular flexibility index (Phi) is 4.14. The maximum absolute atomic E-state index is 12.0. The molecule has 0 aromatic carbocycles. The zero-order valence-corrected chi connectivity index (χ0v) is 10.1. The van der Waals surface area contributed by atoms with Gasteiger partial charge in [-0.3, -0.25) is 4.79 Å². The summed E-state index contributed by atoms with van der Waals surface area (Å²) in [6.45, 7) is 3.12. The van der Waals surface area contributed by atoms with Gasteiger partial charge in [-0.05, 0) is 25.3 Å². The molecule has 5 heteroatoms. The first-order chi connectivity index (χ1) is 8.29. The van der Waals surface area contributed by atoms with Crippen LogP contribution in [-0.4, -0.2) is 40.0 Å². The van der Waals surface area contributed by atoms with E-state index in [1.54, 1.807) is 12.5 Å². The molecule has 2 rings (SSSR count). The summed E-state index contributed by atoms with van der Waals surface area (Å²) in [5, 5.41) is 0. The molecule has 1 aromatic rings. The molecule has 1 saturated heterocycles. The molecule has 5 nitrogen and oxygen atoms in total. The number of hydrogen-bond acceptors (Lipinski definition) is 3. The van der Waals surface area contributed by atoms with Crippen molar-refractivity contribution in [1.82, 2.24) is 14.5 Å². The molecule has 0 saturated carbocycles. The zero-order chi connectivity index (χ0) is 12.1. The van der Waals surface area contributed by atoms with E-state index in [0.29, 0.717) is 25.4 Å². The highest BCUT2D eigenvalue weighted by Crippen LogP contribution is 2.16. The van der Waals surface area contributed by atoms with E-state index in [4.69, 9.17) is 5.73 Å². The van der Waals surface area contributed by atoms with Gasteiger partial charge in [-0.1, -0.05) is 0 Å². The minimum atomic E-state index is 0.233. The molecule has 0 bridgehead atoms. The molecular formula is C12H20N4O. The number of nitrogens with two attached hydrogens (primary N) is 1. The third-order valence-corrected chi connectivity index (χ3v) is 3.35. The van der Waals surface area contributed by atoms with Gasteiger partial charge in [0.05, 0.1) is 6.33 Å². The van der Waals surface area contributed by atoms with Crippen LogP contribution < -0.4 is 5.73 Å². The van der Waals surface area contributed by atoms with Crippen LogP contribution in [0, 0.1) is 5.92 Å². The third kappa shape index (κ3) is 3.30. The average Bonchev–Trinajstić information content (AvgIpc) is 2.89. The Balaban J connectivity index is 1.79. The Morgan fingerprint density at radius 3 is 3.12 bits per heavy atom. The van der Waals surface area contributed by atoms with Gasteiger partial charge >= 0.3 is 0 Å². The molecule has 1 aromatic heterocycles. The highest BCUT2D eigenvalue weighted by molar-refractivity contribution is 5.76. The van der Waals surface area contributed by atoms with Crippen molar-refractivity contribution in [2.45, 2.75) is 25.8 Å². The Labute approximate surface area is 102 Å². The summed E-state index contributed by atoms with van der Waals surface area (Å²) in [6, 6.07) is 0. The van der Waals surface area contributed by atoms with Crippen molar-refractivity contribution in [2.24, 2.45) is 11.7 Å². The number of nitrogens with zero attached hydrogens (tertiary/aromatic N) is 3. The number of amides is 1. The molecule has 1 atom stereocenters. The second-order valence-electron chi connectivity index (χ2n) is 4.63. The second-order valence-corrected chi connectivity index (χ2v) is 4.63. The number of piperidine rings is 1. The van der Waals surface area contributed by atoms with Gasteiger partial charge < -0.3 is 15.2 Å². The van der Waals surface area contributed by atoms with Gasteiger partial charge in [-0.2, -0.15) is 0 Å². The van der Waals surface area contributed by atoms with E-state index in [1.807, 2.05) is 15.7 Å². The van der Waals surface area contributed by atoms with Gasteiger partial charge in [0.1, 0.15) is 0 Å². The molecule has 2 heterocycles. The molecule has 1 aliphatic heterocycles. The monoisotopic (exact) mass is 236 g/mol. The summed E-state index contributed by atoms with van der Waals surface area (Å²) in [6.07, 6.45) is 8.14. The number of aromatic nitrogens is 2. The Bertz CT molecular complexity index is 349. The molecule has 1 amide bonds. The quantitative estimate of drug-likeness (QED) is 0.826. The lowest BCUT2D eigenvalue weighted by atomic mass is 9.98. The Morgan fingerprint density at radius 2 is 2.41 bits per heavy atom. The van der Waals surface area contributed by atoms with Gasteiger partial charge in [0, 0.05) is 38.4 Å². The van der Waals surface area contributed by atoms with E-state index in [-0.39, 0.29) is 5.91 Å². The lowest BCUT2D eigenvalue weighted by Gasteiger charge is -2.32. The van der Waals surface area contributed by atoms with Crippen molar-refractivity contribution in [3.8, 4) is 0 Å². The number of aryl methyl sites for hydroxylation is 1. The lowest BCUT2D eigenvalue weighted by molar-refractivity contribution is -0.133. The van der Waals surface area contributed by atoms with E-state index in [0.717, 1.165) is 25.9 Å². The minimum Gasteiger partial charge on any atom is -0.342 e. The molecule has 1 fully saturated rings. The van der Waals surface area contributed by atoms with Gasteiger partial charge in [0.15, 0.2) is 0 Å². The van der Waals surface area contributed by atoms with Gasteiger partial charge in [-0.15, -0.1) is 0 Å². The molecular weight excluding hydrogens is 216 g/mol. The van der Waals surface area contributed by atoms with Crippen LogP contribution in [-0.2, 0) is 11.3 Å². The van der Waals surface area contributed by atoms with Crippen LogP contribution in [0.3, 0.4) is 0 Å². The van der Waals surface area contributed by atoms with Gasteiger partial charge in [0.2, 0.25) is 5.91 Å². The number of imidazole rings is 1. The molecule has 2 N–H and O–H groups in total. The van der Waals surface area contributed by atoms with Crippen molar-refractivity contribution in [3.63, 3.8) is 0 Å². The smallest absolute Gasteiger partial charge is 0.224 e. The number of carbonyl (C=O) groups excluding carboxylic acids is 1. The maximum atomic E-state index is 12.0. The molecule has 0 spiro atoms. The standard InChI is InChI=1S/C12H20N4O/c13-8-11-2-1-5-16(9-11)12(17)3-6-15-7-4-14-10-15/h4,7,10-11H,1-3,5-6,8-9,13H2. The van der Waals surface area contributed by atoms with Crippen LogP contribution in [0.1, 0.15) is 19.3 Å². The average molecular weight is 236 g/mol. The third-order valence-electron chi connectivity index (χ3n) is 3.35. The van der Waals surface area contributed by atoms with Crippen molar-refractivity contribution >= 4 is 5.91 Å². The Morgan fingerprint density at radius 1 is 1.53 bits per heavy atom. The summed E-state index contributed by atoms with van der Waals surface area (Å²) in [7, 11) is 0. The summed E-state index contributed by atoms with van der Waals surface area (Å²) in [4.78, 5) is 17.9.